The Balaban J connectivity index is 0.000000360. The molecule has 0 N–H and O–H groups in total. The highest BCUT2D eigenvalue weighted by Gasteiger charge is 1.69. The van der Waals surface area contributed by atoms with Crippen LogP contribution in [-0.2, 0) is 7.05 Å². The summed E-state index contributed by atoms with van der Waals surface area (Å²) < 4.78 is 1.89. The van der Waals surface area contributed by atoms with Crippen molar-refractivity contribution in [3.8, 4) is 0 Å². The molecule has 0 unspecified atom stereocenters. The molecule has 0 radical (unpaired) electrons. The van der Waals surface area contributed by atoms with Crippen LogP contribution < -0.4 is 0 Å². The fraction of sp³-hybridized carbons (Fsp3) is 0.250. The highest BCUT2D eigenvalue weighted by Crippen LogP contribution is 1.73. The van der Waals surface area contributed by atoms with Crippen molar-refractivity contribution < 1.29 is 0 Å². The molecule has 1 rings (SSSR count). The average Bonchev–Trinajstić information content (AvgIpc) is 1.86. The van der Waals surface area contributed by atoms with Gasteiger partial charge < -0.3 is 4.57 Å². The van der Waals surface area contributed by atoms with Crippen LogP contribution >= 0.6 is 0 Å². The summed E-state index contributed by atoms with van der Waals surface area (Å²) in [5.41, 5.74) is 0. The van der Waals surface area contributed by atoms with Gasteiger partial charge in [-0.25, -0.2) is 4.98 Å². The average molecular weight is 112 g/mol. The van der Waals surface area contributed by atoms with E-state index in [0.29, 0.717) is 0 Å². The van der Waals surface area contributed by atoms with E-state index in [4.69, 9.17) is 0 Å². The first-order chi connectivity index (χ1) is 2.89. The van der Waals surface area contributed by atoms with Gasteiger partial charge in [0.2, 0.25) is 0 Å². The number of nitrogens with zero attached hydrogens (tertiary/aromatic N) is 2. The molecule has 0 aliphatic carbocycles. The third kappa shape index (κ3) is 1.77. The lowest BCUT2D eigenvalue weighted by molar-refractivity contribution is 0.913. The van der Waals surface area contributed by atoms with Crippen LogP contribution in [-0.4, -0.2) is 26.9 Å². The zero-order valence-corrected chi connectivity index (χ0v) is 3.63. The summed E-state index contributed by atoms with van der Waals surface area (Å²) in [5, 5.41) is 0. The molecule has 0 spiro atoms. The summed E-state index contributed by atoms with van der Waals surface area (Å²) >= 11 is 0. The molecule has 38 valence electrons. The van der Waals surface area contributed by atoms with Crippen molar-refractivity contribution in [2.75, 3.05) is 0 Å². The minimum atomic E-state index is 0. The van der Waals surface area contributed by atoms with Gasteiger partial charge >= 0.3 is 0 Å². The summed E-state index contributed by atoms with van der Waals surface area (Å²) in [4.78, 5) is 3.78. The Morgan fingerprint density at radius 3 is 2.43 bits per heavy atom. The van der Waals surface area contributed by atoms with Gasteiger partial charge in [0, 0.05) is 19.4 Å². The van der Waals surface area contributed by atoms with Crippen molar-refractivity contribution in [1.82, 2.24) is 9.55 Å². The molecule has 0 amide bonds. The molecule has 1 heterocycles. The first-order valence-electron chi connectivity index (χ1n) is 1.81. The predicted molar refractivity (Wildman–Crippen MR) is 33.1 cm³/mol. The summed E-state index contributed by atoms with van der Waals surface area (Å²) in [6.07, 6.45) is 5.39. The molecule has 0 fully saturated rings. The second-order valence-corrected chi connectivity index (χ2v) is 1.23. The molecule has 0 saturated carbocycles. The minimum absolute atomic E-state index is 0. The summed E-state index contributed by atoms with van der Waals surface area (Å²) in [7, 11) is 1.94. The van der Waals surface area contributed by atoms with Crippen molar-refractivity contribution in [2.24, 2.45) is 7.05 Å². The van der Waals surface area contributed by atoms with E-state index in [1.807, 2.05) is 17.8 Å². The largest absolute Gasteiger partial charge is 0.341 e. The van der Waals surface area contributed by atoms with Crippen molar-refractivity contribution in [1.29, 1.82) is 0 Å². The molecule has 0 atom stereocenters. The fourth-order valence-corrected chi connectivity index (χ4v) is 0.326. The van der Waals surface area contributed by atoms with Crippen LogP contribution in [0.2, 0.25) is 0 Å². The highest BCUT2D eigenvalue weighted by molar-refractivity contribution is 5.75. The predicted octanol–water partition coefficient (Wildman–Crippen LogP) is -0.764. The molecule has 2 nitrogen and oxygen atoms in total. The summed E-state index contributed by atoms with van der Waals surface area (Å²) in [6, 6.07) is 0. The van der Waals surface area contributed by atoms with Gasteiger partial charge in [-0.3, -0.25) is 0 Å². The standard InChI is InChI=1S/C4H6N2.Al.3H/c1-6-3-2-5-4-6;;;;/h2-4H,1H3;;;;. The van der Waals surface area contributed by atoms with Gasteiger partial charge in [-0.05, 0) is 0 Å². The minimum Gasteiger partial charge on any atom is -0.341 e. The Labute approximate surface area is 53.3 Å². The number of imidazole rings is 1. The second kappa shape index (κ2) is 2.84. The van der Waals surface area contributed by atoms with Crippen LogP contribution in [0.15, 0.2) is 18.7 Å². The van der Waals surface area contributed by atoms with Gasteiger partial charge in [-0.2, -0.15) is 0 Å². The Bertz CT molecular complexity index is 113. The Morgan fingerprint density at radius 1 is 1.57 bits per heavy atom. The van der Waals surface area contributed by atoms with Crippen LogP contribution in [0.5, 0.6) is 0 Å². The quantitative estimate of drug-likeness (QED) is 0.403. The Morgan fingerprint density at radius 2 is 2.29 bits per heavy atom. The summed E-state index contributed by atoms with van der Waals surface area (Å²) in [6.45, 7) is 0. The molecule has 0 aromatic carbocycles. The zero-order valence-electron chi connectivity index (χ0n) is 3.63. The van der Waals surface area contributed by atoms with Crippen LogP contribution in [0.1, 0.15) is 0 Å². The molecule has 0 saturated heterocycles. The molecule has 0 bridgehead atoms. The van der Waals surface area contributed by atoms with Crippen LogP contribution in [0, 0.1) is 0 Å². The number of hydrogen-bond acceptors (Lipinski definition) is 1. The maximum absolute atomic E-state index is 3.78. The van der Waals surface area contributed by atoms with Gasteiger partial charge in [0.05, 0.1) is 6.33 Å². The van der Waals surface area contributed by atoms with E-state index in [1.54, 1.807) is 12.5 Å². The Hall–Kier alpha value is -0.258. The first-order valence-corrected chi connectivity index (χ1v) is 1.81. The lowest BCUT2D eigenvalue weighted by atomic mass is 10.9. The van der Waals surface area contributed by atoms with Crippen LogP contribution in [0.25, 0.3) is 0 Å². The highest BCUT2D eigenvalue weighted by atomic mass is 27.0. The molecular formula is C4H9AlN2. The first kappa shape index (κ1) is 6.74. The van der Waals surface area contributed by atoms with Crippen molar-refractivity contribution in [2.45, 2.75) is 0 Å². The van der Waals surface area contributed by atoms with Crippen LogP contribution in [0.3, 0.4) is 0 Å². The van der Waals surface area contributed by atoms with Crippen molar-refractivity contribution in [3.05, 3.63) is 18.7 Å². The maximum Gasteiger partial charge on any atom is 0.187 e. The van der Waals surface area contributed by atoms with Crippen LogP contribution in [0.4, 0.5) is 0 Å². The van der Waals surface area contributed by atoms with Gasteiger partial charge in [-0.15, -0.1) is 0 Å². The SMILES string of the molecule is Cn1ccnc1.[AlH3]. The van der Waals surface area contributed by atoms with E-state index >= 15 is 0 Å². The number of rotatable bonds is 0. The third-order valence-corrected chi connectivity index (χ3v) is 0.637. The van der Waals surface area contributed by atoms with E-state index in [9.17, 15) is 0 Å². The van der Waals surface area contributed by atoms with Gasteiger partial charge in [-0.1, -0.05) is 0 Å². The summed E-state index contributed by atoms with van der Waals surface area (Å²) in [5.74, 6) is 0. The smallest absolute Gasteiger partial charge is 0.187 e. The number of hydrogen-bond donors (Lipinski definition) is 0. The van der Waals surface area contributed by atoms with E-state index in [2.05, 4.69) is 4.98 Å². The lowest BCUT2D eigenvalue weighted by Gasteiger charge is -1.76. The molecule has 1 aromatic rings. The fourth-order valence-electron chi connectivity index (χ4n) is 0.326. The molecule has 7 heavy (non-hydrogen) atoms. The third-order valence-electron chi connectivity index (χ3n) is 0.637. The van der Waals surface area contributed by atoms with E-state index in [-0.39, 0.29) is 17.4 Å². The van der Waals surface area contributed by atoms with Crippen molar-refractivity contribution in [3.63, 3.8) is 0 Å². The lowest BCUT2D eigenvalue weighted by Crippen LogP contribution is -1.76. The number of aryl methyl sites for hydroxylation is 1. The molecule has 3 heteroatoms. The topological polar surface area (TPSA) is 17.8 Å². The second-order valence-electron chi connectivity index (χ2n) is 1.23. The van der Waals surface area contributed by atoms with Crippen molar-refractivity contribution >= 4 is 17.4 Å². The normalized spacial score (nSPS) is 7.57. The molecule has 0 aliphatic heterocycles. The maximum atomic E-state index is 3.78. The van der Waals surface area contributed by atoms with E-state index in [0.717, 1.165) is 0 Å². The van der Waals surface area contributed by atoms with E-state index in [1.165, 1.54) is 0 Å². The zero-order chi connectivity index (χ0) is 4.41. The molecular weight excluding hydrogens is 103 g/mol. The monoisotopic (exact) mass is 112 g/mol. The van der Waals surface area contributed by atoms with E-state index < -0.39 is 0 Å². The molecule has 1 aromatic heterocycles. The Kier molecular flexibility index (Phi) is 2.74. The van der Waals surface area contributed by atoms with Gasteiger partial charge in [0.1, 0.15) is 0 Å². The van der Waals surface area contributed by atoms with Gasteiger partial charge in [0.25, 0.3) is 0 Å². The number of aromatic nitrogens is 2. The molecule has 0 aliphatic rings. The van der Waals surface area contributed by atoms with Gasteiger partial charge in [0.15, 0.2) is 17.4 Å².